The third-order valence-electron chi connectivity index (χ3n) is 2.31. The molecule has 1 heterocycles. The second kappa shape index (κ2) is 4.84. The molecule has 1 N–H and O–H groups in total. The van der Waals surface area contributed by atoms with Crippen LogP contribution in [0.2, 0.25) is 0 Å². The maximum absolute atomic E-state index is 11.5. The van der Waals surface area contributed by atoms with Gasteiger partial charge < -0.3 is 14.8 Å². The highest BCUT2D eigenvalue weighted by Gasteiger charge is 2.25. The van der Waals surface area contributed by atoms with Crippen LogP contribution in [-0.4, -0.2) is 30.4 Å². The van der Waals surface area contributed by atoms with Gasteiger partial charge in [-0.1, -0.05) is 0 Å². The number of nitrogens with one attached hydrogen (secondary N) is 1. The van der Waals surface area contributed by atoms with E-state index in [4.69, 9.17) is 9.47 Å². The highest BCUT2D eigenvalue weighted by molar-refractivity contribution is 5.68. The van der Waals surface area contributed by atoms with E-state index in [1.165, 1.54) is 0 Å². The summed E-state index contributed by atoms with van der Waals surface area (Å²) >= 11 is 0. The van der Waals surface area contributed by atoms with E-state index < -0.39 is 5.60 Å². The number of hydrogen-bond acceptors (Lipinski definition) is 3. The van der Waals surface area contributed by atoms with Gasteiger partial charge in [-0.05, 0) is 40.5 Å². The molecular weight excluding hydrogens is 194 g/mol. The van der Waals surface area contributed by atoms with Crippen LogP contribution in [0.4, 0.5) is 4.79 Å². The van der Waals surface area contributed by atoms with Crippen molar-refractivity contribution in [2.24, 2.45) is 0 Å². The molecule has 1 aliphatic rings. The van der Waals surface area contributed by atoms with Gasteiger partial charge >= 0.3 is 6.09 Å². The zero-order valence-electron chi connectivity index (χ0n) is 10.0. The molecule has 0 aliphatic carbocycles. The number of alkyl carbamates (subject to hydrolysis) is 1. The summed E-state index contributed by atoms with van der Waals surface area (Å²) in [4.78, 5) is 11.5. The van der Waals surface area contributed by atoms with Crippen molar-refractivity contribution in [3.05, 3.63) is 0 Å². The van der Waals surface area contributed by atoms with Crippen LogP contribution < -0.4 is 5.32 Å². The Bertz CT molecular complexity index is 222. The topological polar surface area (TPSA) is 47.6 Å². The number of carbonyl (C=O) groups excluding carboxylic acids is 1. The molecule has 4 heteroatoms. The molecule has 0 aromatic heterocycles. The van der Waals surface area contributed by atoms with Gasteiger partial charge in [-0.2, -0.15) is 0 Å². The van der Waals surface area contributed by atoms with Crippen molar-refractivity contribution >= 4 is 6.09 Å². The summed E-state index contributed by atoms with van der Waals surface area (Å²) in [6, 6.07) is 0.0774. The van der Waals surface area contributed by atoms with Crippen LogP contribution in [-0.2, 0) is 9.47 Å². The maximum atomic E-state index is 11.5. The Morgan fingerprint density at radius 2 is 2.13 bits per heavy atom. The lowest BCUT2D eigenvalue weighted by Gasteiger charge is -2.30. The van der Waals surface area contributed by atoms with Crippen molar-refractivity contribution in [1.82, 2.24) is 5.32 Å². The lowest BCUT2D eigenvalue weighted by molar-refractivity contribution is -0.00489. The number of rotatable bonds is 1. The van der Waals surface area contributed by atoms with E-state index >= 15 is 0 Å². The van der Waals surface area contributed by atoms with Gasteiger partial charge in [0.25, 0.3) is 0 Å². The highest BCUT2D eigenvalue weighted by atomic mass is 16.6. The van der Waals surface area contributed by atoms with Crippen molar-refractivity contribution in [2.75, 3.05) is 6.61 Å². The molecule has 0 saturated carbocycles. The summed E-state index contributed by atoms with van der Waals surface area (Å²) in [5, 5.41) is 2.84. The molecule has 1 amide bonds. The van der Waals surface area contributed by atoms with E-state index in [0.29, 0.717) is 0 Å². The molecule has 15 heavy (non-hydrogen) atoms. The Hall–Kier alpha value is -0.770. The van der Waals surface area contributed by atoms with Crippen molar-refractivity contribution in [3.8, 4) is 0 Å². The SMILES string of the molecule is CC1OCCCC1NC(=O)OC(C)(C)C. The fraction of sp³-hybridized carbons (Fsp3) is 0.909. The van der Waals surface area contributed by atoms with Crippen LogP contribution in [0.25, 0.3) is 0 Å². The van der Waals surface area contributed by atoms with Crippen molar-refractivity contribution in [3.63, 3.8) is 0 Å². The van der Waals surface area contributed by atoms with E-state index in [1.54, 1.807) is 0 Å². The molecule has 2 atom stereocenters. The summed E-state index contributed by atoms with van der Waals surface area (Å²) < 4.78 is 10.6. The van der Waals surface area contributed by atoms with Crippen LogP contribution in [0.3, 0.4) is 0 Å². The van der Waals surface area contributed by atoms with Gasteiger partial charge in [-0.25, -0.2) is 4.79 Å². The number of carbonyl (C=O) groups is 1. The second-order valence-corrected chi connectivity index (χ2v) is 4.97. The summed E-state index contributed by atoms with van der Waals surface area (Å²) in [5.74, 6) is 0. The van der Waals surface area contributed by atoms with E-state index in [1.807, 2.05) is 27.7 Å². The standard InChI is InChI=1S/C11H21NO3/c1-8-9(6-5-7-14-8)12-10(13)15-11(2,3)4/h8-9H,5-7H2,1-4H3,(H,12,13). The first-order chi connectivity index (χ1) is 6.88. The van der Waals surface area contributed by atoms with Crippen LogP contribution in [0.15, 0.2) is 0 Å². The first kappa shape index (κ1) is 12.3. The van der Waals surface area contributed by atoms with Crippen LogP contribution >= 0.6 is 0 Å². The minimum atomic E-state index is -0.442. The van der Waals surface area contributed by atoms with Crippen molar-refractivity contribution in [1.29, 1.82) is 0 Å². The summed E-state index contributed by atoms with van der Waals surface area (Å²) in [6.45, 7) is 8.32. The Balaban J connectivity index is 2.36. The Labute approximate surface area is 91.3 Å². The predicted octanol–water partition coefficient (Wildman–Crippen LogP) is 2.08. The van der Waals surface area contributed by atoms with Crippen LogP contribution in [0, 0.1) is 0 Å². The van der Waals surface area contributed by atoms with Gasteiger partial charge in [0.1, 0.15) is 5.60 Å². The summed E-state index contributed by atoms with van der Waals surface area (Å²) in [5.41, 5.74) is -0.442. The zero-order chi connectivity index (χ0) is 11.5. The average molecular weight is 215 g/mol. The predicted molar refractivity (Wildman–Crippen MR) is 57.8 cm³/mol. The van der Waals surface area contributed by atoms with E-state index in [2.05, 4.69) is 5.32 Å². The minimum absolute atomic E-state index is 0.0752. The van der Waals surface area contributed by atoms with Crippen LogP contribution in [0.1, 0.15) is 40.5 Å². The molecule has 0 aromatic rings. The van der Waals surface area contributed by atoms with Crippen molar-refractivity contribution in [2.45, 2.75) is 58.3 Å². The smallest absolute Gasteiger partial charge is 0.407 e. The molecule has 0 bridgehead atoms. The third kappa shape index (κ3) is 4.51. The molecule has 1 rings (SSSR count). The summed E-state index contributed by atoms with van der Waals surface area (Å²) in [6.07, 6.45) is 1.67. The van der Waals surface area contributed by atoms with Gasteiger partial charge in [-0.3, -0.25) is 0 Å². The molecule has 4 nitrogen and oxygen atoms in total. The summed E-state index contributed by atoms with van der Waals surface area (Å²) in [7, 11) is 0. The Morgan fingerprint density at radius 1 is 1.47 bits per heavy atom. The molecule has 0 spiro atoms. The lowest BCUT2D eigenvalue weighted by atomic mass is 10.0. The van der Waals surface area contributed by atoms with Crippen molar-refractivity contribution < 1.29 is 14.3 Å². The van der Waals surface area contributed by atoms with E-state index in [9.17, 15) is 4.79 Å². The first-order valence-corrected chi connectivity index (χ1v) is 5.49. The van der Waals surface area contributed by atoms with E-state index in [0.717, 1.165) is 19.4 Å². The maximum Gasteiger partial charge on any atom is 0.407 e. The molecule has 88 valence electrons. The third-order valence-corrected chi connectivity index (χ3v) is 2.31. The van der Waals surface area contributed by atoms with Gasteiger partial charge in [0, 0.05) is 6.61 Å². The number of hydrogen-bond donors (Lipinski definition) is 1. The first-order valence-electron chi connectivity index (χ1n) is 5.49. The molecule has 2 unspecified atom stereocenters. The normalized spacial score (nSPS) is 27.2. The molecule has 1 aliphatic heterocycles. The van der Waals surface area contributed by atoms with Gasteiger partial charge in [0.15, 0.2) is 0 Å². The fourth-order valence-corrected chi connectivity index (χ4v) is 1.57. The van der Waals surface area contributed by atoms with Gasteiger partial charge in [0.05, 0.1) is 12.1 Å². The molecular formula is C11H21NO3. The Kier molecular flexibility index (Phi) is 3.97. The molecule has 1 saturated heterocycles. The lowest BCUT2D eigenvalue weighted by Crippen LogP contribution is -2.47. The number of amides is 1. The number of ether oxygens (including phenoxy) is 2. The zero-order valence-corrected chi connectivity index (χ0v) is 10.0. The largest absolute Gasteiger partial charge is 0.444 e. The highest BCUT2D eigenvalue weighted by Crippen LogP contribution is 2.14. The monoisotopic (exact) mass is 215 g/mol. The average Bonchev–Trinajstić information content (AvgIpc) is 2.05. The molecule has 1 fully saturated rings. The molecule has 0 radical (unpaired) electrons. The minimum Gasteiger partial charge on any atom is -0.444 e. The molecule has 0 aromatic carbocycles. The van der Waals surface area contributed by atoms with Gasteiger partial charge in [-0.15, -0.1) is 0 Å². The fourth-order valence-electron chi connectivity index (χ4n) is 1.57. The van der Waals surface area contributed by atoms with Crippen LogP contribution in [0.5, 0.6) is 0 Å². The quantitative estimate of drug-likeness (QED) is 0.728. The van der Waals surface area contributed by atoms with E-state index in [-0.39, 0.29) is 18.2 Å². The second-order valence-electron chi connectivity index (χ2n) is 4.97. The van der Waals surface area contributed by atoms with Gasteiger partial charge in [0.2, 0.25) is 0 Å². The Morgan fingerprint density at radius 3 is 2.67 bits per heavy atom.